The van der Waals surface area contributed by atoms with Gasteiger partial charge < -0.3 is 15.0 Å². The molecule has 0 aliphatic heterocycles. The smallest absolute Gasteiger partial charge is 0.271 e. The lowest BCUT2D eigenvalue weighted by molar-refractivity contribution is 0.0728. The minimum atomic E-state index is -0.127. The lowest BCUT2D eigenvalue weighted by atomic mass is 10.0. The number of aliphatic hydroxyl groups is 1. The number of halogens is 1. The van der Waals surface area contributed by atoms with Gasteiger partial charge in [0, 0.05) is 34.6 Å². The molecule has 0 spiro atoms. The number of aliphatic hydroxyl groups excluding tert-OH is 1. The summed E-state index contributed by atoms with van der Waals surface area (Å²) in [5, 5.41) is 10.7. The zero-order valence-corrected chi connectivity index (χ0v) is 14.2. The zero-order valence-electron chi connectivity index (χ0n) is 13.4. The second kappa shape index (κ2) is 7.07. The van der Waals surface area contributed by atoms with Crippen molar-refractivity contribution in [2.75, 3.05) is 19.7 Å². The van der Waals surface area contributed by atoms with Gasteiger partial charge >= 0.3 is 0 Å². The number of carbonyl (C=O) groups is 1. The molecule has 1 aromatic heterocycles. The number of nitrogens with one attached hydrogen (secondary N) is 1. The first kappa shape index (κ1) is 16.6. The number of carbonyl (C=O) groups excluding carboxylic acids is 1. The summed E-state index contributed by atoms with van der Waals surface area (Å²) in [6.45, 7) is 2.67. The SMILES string of the molecule is CCN(CCO)C(=O)c1[nH]c2ccc(Cl)cc2c1-c1ccccc1. The molecule has 3 rings (SSSR count). The summed E-state index contributed by atoms with van der Waals surface area (Å²) in [6, 6.07) is 15.3. The molecule has 0 atom stereocenters. The van der Waals surface area contributed by atoms with Gasteiger partial charge in [-0.1, -0.05) is 41.9 Å². The minimum Gasteiger partial charge on any atom is -0.395 e. The third-order valence-corrected chi connectivity index (χ3v) is 4.31. The fourth-order valence-electron chi connectivity index (χ4n) is 2.91. The summed E-state index contributed by atoms with van der Waals surface area (Å²) in [5.41, 5.74) is 3.18. The molecular formula is C19H19ClN2O2. The van der Waals surface area contributed by atoms with Crippen molar-refractivity contribution in [1.29, 1.82) is 0 Å². The minimum absolute atomic E-state index is 0.0632. The van der Waals surface area contributed by atoms with E-state index in [2.05, 4.69) is 4.98 Å². The highest BCUT2D eigenvalue weighted by Crippen LogP contribution is 2.34. The Hall–Kier alpha value is -2.30. The number of aromatic amines is 1. The van der Waals surface area contributed by atoms with Gasteiger partial charge in [-0.2, -0.15) is 0 Å². The third kappa shape index (κ3) is 3.03. The number of amides is 1. The number of benzene rings is 2. The number of nitrogens with zero attached hydrogens (tertiary/aromatic N) is 1. The van der Waals surface area contributed by atoms with E-state index in [1.165, 1.54) is 0 Å². The first-order chi connectivity index (χ1) is 11.7. The van der Waals surface area contributed by atoms with Crippen molar-refractivity contribution in [1.82, 2.24) is 9.88 Å². The van der Waals surface area contributed by atoms with Crippen LogP contribution in [0, 0.1) is 0 Å². The molecule has 0 saturated carbocycles. The number of hydrogen-bond donors (Lipinski definition) is 2. The van der Waals surface area contributed by atoms with Gasteiger partial charge in [-0.15, -0.1) is 0 Å². The van der Waals surface area contributed by atoms with Crippen LogP contribution >= 0.6 is 11.6 Å². The molecule has 2 N–H and O–H groups in total. The summed E-state index contributed by atoms with van der Waals surface area (Å²) in [4.78, 5) is 17.8. The molecule has 1 amide bonds. The van der Waals surface area contributed by atoms with E-state index in [9.17, 15) is 9.90 Å². The van der Waals surface area contributed by atoms with Crippen LogP contribution in [0.5, 0.6) is 0 Å². The van der Waals surface area contributed by atoms with Crippen molar-refractivity contribution in [3.8, 4) is 11.1 Å². The fourth-order valence-corrected chi connectivity index (χ4v) is 3.08. The molecule has 0 unspecified atom stereocenters. The number of H-pyrrole nitrogens is 1. The molecule has 0 saturated heterocycles. The number of likely N-dealkylation sites (N-methyl/N-ethyl adjacent to an activating group) is 1. The van der Waals surface area contributed by atoms with Gasteiger partial charge in [0.1, 0.15) is 5.69 Å². The molecule has 5 heteroatoms. The largest absolute Gasteiger partial charge is 0.395 e. The molecule has 0 fully saturated rings. The van der Waals surface area contributed by atoms with E-state index >= 15 is 0 Å². The first-order valence-corrected chi connectivity index (χ1v) is 8.30. The van der Waals surface area contributed by atoms with Gasteiger partial charge in [-0.05, 0) is 30.7 Å². The molecule has 24 heavy (non-hydrogen) atoms. The molecule has 4 nitrogen and oxygen atoms in total. The molecule has 0 aliphatic carbocycles. The van der Waals surface area contributed by atoms with Crippen molar-refractivity contribution < 1.29 is 9.90 Å². The van der Waals surface area contributed by atoms with Crippen molar-refractivity contribution in [3.05, 3.63) is 59.2 Å². The van der Waals surface area contributed by atoms with Gasteiger partial charge in [0.05, 0.1) is 6.61 Å². The van der Waals surface area contributed by atoms with Crippen LogP contribution in [-0.2, 0) is 0 Å². The second-order valence-corrected chi connectivity index (χ2v) is 5.98. The predicted molar refractivity (Wildman–Crippen MR) is 97.4 cm³/mol. The second-order valence-electron chi connectivity index (χ2n) is 5.54. The van der Waals surface area contributed by atoms with Crippen molar-refractivity contribution in [3.63, 3.8) is 0 Å². The zero-order chi connectivity index (χ0) is 17.1. The van der Waals surface area contributed by atoms with Crippen molar-refractivity contribution >= 4 is 28.4 Å². The third-order valence-electron chi connectivity index (χ3n) is 4.08. The Morgan fingerprint density at radius 2 is 1.96 bits per heavy atom. The number of aromatic nitrogens is 1. The van der Waals surface area contributed by atoms with E-state index < -0.39 is 0 Å². The molecule has 0 radical (unpaired) electrons. The molecule has 1 heterocycles. The van der Waals surface area contributed by atoms with E-state index in [0.29, 0.717) is 23.8 Å². The van der Waals surface area contributed by atoms with E-state index in [1.54, 1.807) is 11.0 Å². The van der Waals surface area contributed by atoms with Gasteiger partial charge in [-0.25, -0.2) is 0 Å². The van der Waals surface area contributed by atoms with Crippen LogP contribution in [0.1, 0.15) is 17.4 Å². The summed E-state index contributed by atoms with van der Waals surface area (Å²) in [5.74, 6) is -0.127. The van der Waals surface area contributed by atoms with E-state index in [1.807, 2.05) is 49.4 Å². The molecule has 124 valence electrons. The molecule has 0 aliphatic rings. The Bertz CT molecular complexity index is 858. The normalized spacial score (nSPS) is 11.0. The summed E-state index contributed by atoms with van der Waals surface area (Å²) in [7, 11) is 0. The maximum absolute atomic E-state index is 13.0. The van der Waals surface area contributed by atoms with Crippen LogP contribution in [0.3, 0.4) is 0 Å². The lowest BCUT2D eigenvalue weighted by Crippen LogP contribution is -2.33. The summed E-state index contributed by atoms with van der Waals surface area (Å²) >= 11 is 6.16. The highest BCUT2D eigenvalue weighted by molar-refractivity contribution is 6.31. The molecular weight excluding hydrogens is 324 g/mol. The van der Waals surface area contributed by atoms with Gasteiger partial charge in [0.15, 0.2) is 0 Å². The van der Waals surface area contributed by atoms with E-state index in [4.69, 9.17) is 11.6 Å². The summed E-state index contributed by atoms with van der Waals surface area (Å²) in [6.07, 6.45) is 0. The van der Waals surface area contributed by atoms with E-state index in [0.717, 1.165) is 22.0 Å². The van der Waals surface area contributed by atoms with Crippen molar-refractivity contribution in [2.24, 2.45) is 0 Å². The van der Waals surface area contributed by atoms with Gasteiger partial charge in [0.25, 0.3) is 5.91 Å². The van der Waals surface area contributed by atoms with E-state index in [-0.39, 0.29) is 12.5 Å². The average Bonchev–Trinajstić information content (AvgIpc) is 2.98. The Kier molecular flexibility index (Phi) is 4.88. The number of rotatable bonds is 5. The highest BCUT2D eigenvalue weighted by Gasteiger charge is 2.23. The van der Waals surface area contributed by atoms with Gasteiger partial charge in [0.2, 0.25) is 0 Å². The van der Waals surface area contributed by atoms with Crippen LogP contribution in [0.4, 0.5) is 0 Å². The van der Waals surface area contributed by atoms with Crippen LogP contribution in [0.2, 0.25) is 5.02 Å². The lowest BCUT2D eigenvalue weighted by Gasteiger charge is -2.19. The van der Waals surface area contributed by atoms with Crippen LogP contribution < -0.4 is 0 Å². The van der Waals surface area contributed by atoms with Crippen LogP contribution in [0.15, 0.2) is 48.5 Å². The standard InChI is InChI=1S/C19H19ClN2O2/c1-2-22(10-11-23)19(24)18-17(13-6-4-3-5-7-13)15-12-14(20)8-9-16(15)21-18/h3-9,12,21,23H,2,10-11H2,1H3. The Morgan fingerprint density at radius 3 is 2.62 bits per heavy atom. The monoisotopic (exact) mass is 342 g/mol. The van der Waals surface area contributed by atoms with Gasteiger partial charge in [-0.3, -0.25) is 4.79 Å². The van der Waals surface area contributed by atoms with Crippen LogP contribution in [-0.4, -0.2) is 40.6 Å². The topological polar surface area (TPSA) is 56.3 Å². The maximum Gasteiger partial charge on any atom is 0.271 e. The first-order valence-electron chi connectivity index (χ1n) is 7.92. The molecule has 2 aromatic carbocycles. The molecule has 0 bridgehead atoms. The summed E-state index contributed by atoms with van der Waals surface area (Å²) < 4.78 is 0. The number of hydrogen-bond acceptors (Lipinski definition) is 2. The quantitative estimate of drug-likeness (QED) is 0.737. The molecule has 3 aromatic rings. The van der Waals surface area contributed by atoms with Crippen LogP contribution in [0.25, 0.3) is 22.0 Å². The maximum atomic E-state index is 13.0. The fraction of sp³-hybridized carbons (Fsp3) is 0.211. The predicted octanol–water partition coefficient (Wildman–Crippen LogP) is 3.94. The Labute approximate surface area is 145 Å². The Morgan fingerprint density at radius 1 is 1.21 bits per heavy atom. The Balaban J connectivity index is 2.22. The van der Waals surface area contributed by atoms with Crippen molar-refractivity contribution in [2.45, 2.75) is 6.92 Å². The highest BCUT2D eigenvalue weighted by atomic mass is 35.5. The number of fused-ring (bicyclic) bond motifs is 1. The average molecular weight is 343 g/mol.